The van der Waals surface area contributed by atoms with Crippen molar-refractivity contribution in [3.63, 3.8) is 0 Å². The van der Waals surface area contributed by atoms with Crippen LogP contribution in [0.25, 0.3) is 0 Å². The summed E-state index contributed by atoms with van der Waals surface area (Å²) >= 11 is 6.23. The fourth-order valence-electron chi connectivity index (χ4n) is 3.26. The molecule has 0 spiro atoms. The summed E-state index contributed by atoms with van der Waals surface area (Å²) in [6.07, 6.45) is 1.37. The monoisotopic (exact) mass is 430 g/mol. The zero-order chi connectivity index (χ0) is 21.1. The predicted molar refractivity (Wildman–Crippen MR) is 107 cm³/mol. The van der Waals surface area contributed by atoms with Gasteiger partial charge in [-0.05, 0) is 24.3 Å². The van der Waals surface area contributed by atoms with Gasteiger partial charge in [0.1, 0.15) is 11.6 Å². The summed E-state index contributed by atoms with van der Waals surface area (Å²) in [5, 5.41) is 4.66. The van der Waals surface area contributed by atoms with Gasteiger partial charge in [-0.15, -0.1) is 0 Å². The number of furan rings is 1. The van der Waals surface area contributed by atoms with Gasteiger partial charge >= 0.3 is 0 Å². The summed E-state index contributed by atoms with van der Waals surface area (Å²) in [7, 11) is 0. The van der Waals surface area contributed by atoms with Crippen molar-refractivity contribution in [2.45, 2.75) is 19.1 Å². The molecule has 2 aromatic carbocycles. The molecule has 2 heterocycles. The Labute approximate surface area is 176 Å². The van der Waals surface area contributed by atoms with Gasteiger partial charge in [-0.25, -0.2) is 8.78 Å². The first-order chi connectivity index (χ1) is 14.5. The molecular formula is C22H17ClF2N2O3. The predicted octanol–water partition coefficient (Wildman–Crippen LogP) is 5.05. The second-order valence-corrected chi connectivity index (χ2v) is 7.26. The van der Waals surface area contributed by atoms with Gasteiger partial charge in [0, 0.05) is 35.2 Å². The van der Waals surface area contributed by atoms with Gasteiger partial charge in [0.15, 0.2) is 11.9 Å². The molecule has 1 atom stereocenters. The minimum Gasteiger partial charge on any atom is -0.459 e. The maximum absolute atomic E-state index is 14.2. The first kappa shape index (κ1) is 20.1. The van der Waals surface area contributed by atoms with E-state index >= 15 is 0 Å². The minimum absolute atomic E-state index is 0.0765. The van der Waals surface area contributed by atoms with Gasteiger partial charge in [0.05, 0.1) is 18.5 Å². The molecule has 4 rings (SSSR count). The highest BCUT2D eigenvalue weighted by Crippen LogP contribution is 2.24. The molecule has 1 aromatic heterocycles. The average Bonchev–Trinajstić information content (AvgIpc) is 3.41. The molecule has 0 N–H and O–H groups in total. The van der Waals surface area contributed by atoms with E-state index in [4.69, 9.17) is 20.9 Å². The number of hydrogen-bond donors (Lipinski definition) is 0. The molecule has 0 fully saturated rings. The number of amides is 1. The third kappa shape index (κ3) is 4.36. The van der Waals surface area contributed by atoms with Crippen molar-refractivity contribution in [1.29, 1.82) is 0 Å². The zero-order valence-electron chi connectivity index (χ0n) is 15.7. The summed E-state index contributed by atoms with van der Waals surface area (Å²) in [6, 6.07) is 13.6. The minimum atomic E-state index is -0.729. The standard InChI is InChI=1S/C22H17ClF2N2O3/c23-18-5-2-1-4-17(18)20-11-16(30-26-20)13-27(22(28)21-6-3-9-29-21)12-14-7-8-15(24)10-19(14)25/h1-10,16H,11-13H2. The number of carbonyl (C=O) groups is 1. The topological polar surface area (TPSA) is 55.0 Å². The third-order valence-electron chi connectivity index (χ3n) is 4.74. The Hall–Kier alpha value is -3.19. The van der Waals surface area contributed by atoms with E-state index in [0.29, 0.717) is 17.2 Å². The van der Waals surface area contributed by atoms with Crippen molar-refractivity contribution >= 4 is 23.2 Å². The molecule has 0 radical (unpaired) electrons. The number of carbonyl (C=O) groups excluding carboxylic acids is 1. The van der Waals surface area contributed by atoms with E-state index < -0.39 is 23.6 Å². The second-order valence-electron chi connectivity index (χ2n) is 6.85. The van der Waals surface area contributed by atoms with Gasteiger partial charge in [-0.3, -0.25) is 4.79 Å². The van der Waals surface area contributed by atoms with Crippen LogP contribution in [-0.2, 0) is 11.4 Å². The van der Waals surface area contributed by atoms with E-state index in [2.05, 4.69) is 5.16 Å². The Balaban J connectivity index is 1.52. The Bertz CT molecular complexity index is 1090. The van der Waals surface area contributed by atoms with Crippen LogP contribution in [0.4, 0.5) is 8.78 Å². The lowest BCUT2D eigenvalue weighted by Gasteiger charge is -2.24. The number of rotatable bonds is 6. The van der Waals surface area contributed by atoms with Crippen molar-refractivity contribution in [3.8, 4) is 0 Å². The van der Waals surface area contributed by atoms with Crippen LogP contribution < -0.4 is 0 Å². The van der Waals surface area contributed by atoms with E-state index in [1.165, 1.54) is 23.3 Å². The smallest absolute Gasteiger partial charge is 0.289 e. The highest BCUT2D eigenvalue weighted by atomic mass is 35.5. The third-order valence-corrected chi connectivity index (χ3v) is 5.07. The first-order valence-electron chi connectivity index (χ1n) is 9.25. The van der Waals surface area contributed by atoms with Crippen LogP contribution in [0.3, 0.4) is 0 Å². The summed E-state index contributed by atoms with van der Waals surface area (Å²) in [4.78, 5) is 19.8. The largest absolute Gasteiger partial charge is 0.459 e. The molecule has 1 unspecified atom stereocenters. The Morgan fingerprint density at radius 2 is 2.00 bits per heavy atom. The molecule has 1 amide bonds. The number of hydrogen-bond acceptors (Lipinski definition) is 4. The summed E-state index contributed by atoms with van der Waals surface area (Å²) in [5.74, 6) is -1.73. The quantitative estimate of drug-likeness (QED) is 0.550. The van der Waals surface area contributed by atoms with Crippen molar-refractivity contribution in [2.24, 2.45) is 5.16 Å². The van der Waals surface area contributed by atoms with Gasteiger partial charge < -0.3 is 14.2 Å². The molecule has 3 aromatic rings. The lowest BCUT2D eigenvalue weighted by atomic mass is 10.0. The fraction of sp³-hybridized carbons (Fsp3) is 0.182. The van der Waals surface area contributed by atoms with Gasteiger partial charge in [-0.1, -0.05) is 41.0 Å². The maximum atomic E-state index is 14.2. The SMILES string of the molecule is O=C(c1ccco1)N(Cc1ccc(F)cc1F)CC1CC(c2ccccc2Cl)=NO1. The van der Waals surface area contributed by atoms with Crippen LogP contribution in [-0.4, -0.2) is 29.2 Å². The van der Waals surface area contributed by atoms with Gasteiger partial charge in [0.25, 0.3) is 5.91 Å². The van der Waals surface area contributed by atoms with Crippen LogP contribution in [0.5, 0.6) is 0 Å². The van der Waals surface area contributed by atoms with Crippen molar-refractivity contribution in [1.82, 2.24) is 4.90 Å². The van der Waals surface area contributed by atoms with Crippen molar-refractivity contribution in [3.05, 3.63) is 94.4 Å². The first-order valence-corrected chi connectivity index (χ1v) is 9.63. The summed E-state index contributed by atoms with van der Waals surface area (Å²) < 4.78 is 32.6. The molecule has 30 heavy (non-hydrogen) atoms. The van der Waals surface area contributed by atoms with Crippen LogP contribution in [0.1, 0.15) is 28.1 Å². The molecule has 154 valence electrons. The number of benzene rings is 2. The van der Waals surface area contributed by atoms with E-state index in [-0.39, 0.29) is 24.4 Å². The van der Waals surface area contributed by atoms with Crippen LogP contribution in [0, 0.1) is 11.6 Å². The maximum Gasteiger partial charge on any atom is 0.289 e. The lowest BCUT2D eigenvalue weighted by molar-refractivity contribution is 0.0385. The van der Waals surface area contributed by atoms with Crippen LogP contribution in [0.2, 0.25) is 5.02 Å². The van der Waals surface area contributed by atoms with E-state index in [1.54, 1.807) is 12.1 Å². The van der Waals surface area contributed by atoms with Crippen LogP contribution >= 0.6 is 11.6 Å². The molecule has 0 bridgehead atoms. The van der Waals surface area contributed by atoms with E-state index in [9.17, 15) is 13.6 Å². The molecule has 0 saturated heterocycles. The average molecular weight is 431 g/mol. The molecule has 0 saturated carbocycles. The zero-order valence-corrected chi connectivity index (χ0v) is 16.5. The molecule has 0 aliphatic carbocycles. The highest BCUT2D eigenvalue weighted by Gasteiger charge is 2.29. The van der Waals surface area contributed by atoms with Crippen LogP contribution in [0.15, 0.2) is 70.4 Å². The Morgan fingerprint density at radius 3 is 2.73 bits per heavy atom. The van der Waals surface area contributed by atoms with Crippen molar-refractivity contribution < 1.29 is 22.8 Å². The summed E-state index contributed by atoms with van der Waals surface area (Å²) in [5.41, 5.74) is 1.61. The molecule has 1 aliphatic heterocycles. The highest BCUT2D eigenvalue weighted by molar-refractivity contribution is 6.34. The summed E-state index contributed by atoms with van der Waals surface area (Å²) in [6.45, 7) is 0.0563. The normalized spacial score (nSPS) is 15.6. The van der Waals surface area contributed by atoms with Gasteiger partial charge in [0.2, 0.25) is 0 Å². The number of halogens is 3. The molecule has 5 nitrogen and oxygen atoms in total. The van der Waals surface area contributed by atoms with Crippen molar-refractivity contribution in [2.75, 3.05) is 6.54 Å². The molecule has 8 heteroatoms. The molecular weight excluding hydrogens is 414 g/mol. The van der Waals surface area contributed by atoms with E-state index in [0.717, 1.165) is 17.7 Å². The number of nitrogens with zero attached hydrogens (tertiary/aromatic N) is 2. The second kappa shape index (κ2) is 8.67. The van der Waals surface area contributed by atoms with E-state index in [1.807, 2.05) is 18.2 Å². The van der Waals surface area contributed by atoms with Gasteiger partial charge in [-0.2, -0.15) is 0 Å². The Morgan fingerprint density at radius 1 is 1.17 bits per heavy atom. The lowest BCUT2D eigenvalue weighted by Crippen LogP contribution is -2.37. The Kier molecular flexibility index (Phi) is 5.81. The molecule has 1 aliphatic rings. The fourth-order valence-corrected chi connectivity index (χ4v) is 3.50. The number of oxime groups is 1.